The molecule has 1 N–H and O–H groups in total. The summed E-state index contributed by atoms with van der Waals surface area (Å²) in [6.07, 6.45) is -2.65. The molecule has 138 valence electrons. The van der Waals surface area contributed by atoms with Crippen LogP contribution in [0.15, 0.2) is 78.1 Å². The molecule has 1 heterocycles. The molecule has 0 radical (unpaired) electrons. The van der Waals surface area contributed by atoms with E-state index in [0.717, 1.165) is 6.20 Å². The summed E-state index contributed by atoms with van der Waals surface area (Å²) in [6, 6.07) is 15.0. The number of rotatable bonds is 4. The Morgan fingerprint density at radius 3 is 2.11 bits per heavy atom. The molecule has 0 spiro atoms. The molecule has 2 aromatic rings. The summed E-state index contributed by atoms with van der Waals surface area (Å²) in [7, 11) is 0. The summed E-state index contributed by atoms with van der Waals surface area (Å²) in [5.74, 6) is -3.50. The van der Waals surface area contributed by atoms with Crippen molar-refractivity contribution in [2.24, 2.45) is 0 Å². The predicted octanol–water partition coefficient (Wildman–Crippen LogP) is 4.46. The van der Waals surface area contributed by atoms with Gasteiger partial charge in [0.05, 0.1) is 0 Å². The van der Waals surface area contributed by atoms with Gasteiger partial charge in [-0.05, 0) is 18.1 Å². The minimum absolute atomic E-state index is 0.0885. The number of dihydropyridines is 1. The lowest BCUT2D eigenvalue weighted by Gasteiger charge is -2.27. The summed E-state index contributed by atoms with van der Waals surface area (Å²) < 4.78 is 39.5. The van der Waals surface area contributed by atoms with E-state index in [4.69, 9.17) is 0 Å². The van der Waals surface area contributed by atoms with Crippen molar-refractivity contribution in [2.75, 3.05) is 0 Å². The summed E-state index contributed by atoms with van der Waals surface area (Å²) in [5, 5.41) is 2.54. The lowest BCUT2D eigenvalue weighted by Crippen LogP contribution is -2.32. The Kier molecular flexibility index (Phi) is 4.99. The Labute approximate surface area is 154 Å². The maximum atomic E-state index is 13.2. The summed E-state index contributed by atoms with van der Waals surface area (Å²) in [6.45, 7) is 1.73. The average molecular weight is 371 g/mol. The minimum atomic E-state index is -5.04. The number of carbonyl (C=O) groups is 2. The Balaban J connectivity index is 2.13. The molecule has 0 saturated heterocycles. The lowest BCUT2D eigenvalue weighted by atomic mass is 9.77. The molecule has 0 bridgehead atoms. The topological polar surface area (TPSA) is 46.2 Å². The standard InChI is InChI=1S/C21H16F3NO2/c1-13-7-5-6-10-15(13)18-16(19(26)14-8-3-2-4-9-14)11-25-12-17(18)20(27)21(22,23)24/h2-12,18,25H,1H3. The van der Waals surface area contributed by atoms with E-state index in [9.17, 15) is 22.8 Å². The highest BCUT2D eigenvalue weighted by Crippen LogP contribution is 2.39. The SMILES string of the molecule is Cc1ccccc1C1C(C(=O)c2ccccc2)=CNC=C1C(=O)C(F)(F)F. The second-order valence-corrected chi connectivity index (χ2v) is 6.18. The third-order valence-electron chi connectivity index (χ3n) is 4.42. The Bertz CT molecular complexity index is 943. The van der Waals surface area contributed by atoms with Crippen LogP contribution in [0.25, 0.3) is 0 Å². The smallest absolute Gasteiger partial charge is 0.367 e. The number of hydrogen-bond acceptors (Lipinski definition) is 3. The lowest BCUT2D eigenvalue weighted by molar-refractivity contribution is -0.166. The molecule has 6 heteroatoms. The molecule has 1 aliphatic rings. The van der Waals surface area contributed by atoms with Crippen molar-refractivity contribution in [3.8, 4) is 0 Å². The fraction of sp³-hybridized carbons (Fsp3) is 0.143. The van der Waals surface area contributed by atoms with Gasteiger partial charge in [-0.25, -0.2) is 0 Å². The number of nitrogens with one attached hydrogen (secondary N) is 1. The third-order valence-corrected chi connectivity index (χ3v) is 4.42. The Morgan fingerprint density at radius 1 is 0.889 bits per heavy atom. The molecule has 0 aromatic heterocycles. The number of carbonyl (C=O) groups excluding carboxylic acids is 2. The largest absolute Gasteiger partial charge is 0.454 e. The van der Waals surface area contributed by atoms with Crippen LogP contribution in [0.4, 0.5) is 13.2 Å². The van der Waals surface area contributed by atoms with E-state index in [1.807, 2.05) is 0 Å². The van der Waals surface area contributed by atoms with Crippen LogP contribution in [0.2, 0.25) is 0 Å². The number of ketones is 2. The van der Waals surface area contributed by atoms with Crippen molar-refractivity contribution in [3.63, 3.8) is 0 Å². The monoisotopic (exact) mass is 371 g/mol. The Morgan fingerprint density at radius 2 is 1.48 bits per heavy atom. The van der Waals surface area contributed by atoms with Gasteiger partial charge in [-0.2, -0.15) is 13.2 Å². The Hall–Kier alpha value is -3.15. The second kappa shape index (κ2) is 7.23. The fourth-order valence-corrected chi connectivity index (χ4v) is 3.11. The molecule has 3 rings (SSSR count). The van der Waals surface area contributed by atoms with E-state index in [-0.39, 0.29) is 5.57 Å². The van der Waals surface area contributed by atoms with Crippen LogP contribution < -0.4 is 5.32 Å². The van der Waals surface area contributed by atoms with Crippen LogP contribution in [0.5, 0.6) is 0 Å². The number of alkyl halides is 3. The molecular weight excluding hydrogens is 355 g/mol. The van der Waals surface area contributed by atoms with Crippen molar-refractivity contribution >= 4 is 11.6 Å². The van der Waals surface area contributed by atoms with Crippen molar-refractivity contribution in [1.82, 2.24) is 5.32 Å². The van der Waals surface area contributed by atoms with Crippen LogP contribution in [0.1, 0.15) is 27.4 Å². The second-order valence-electron chi connectivity index (χ2n) is 6.18. The number of aryl methyl sites for hydroxylation is 1. The molecule has 1 atom stereocenters. The van der Waals surface area contributed by atoms with Gasteiger partial charge in [0.25, 0.3) is 5.78 Å². The molecule has 0 fully saturated rings. The van der Waals surface area contributed by atoms with Crippen LogP contribution in [-0.2, 0) is 4.79 Å². The van der Waals surface area contributed by atoms with E-state index < -0.39 is 29.2 Å². The van der Waals surface area contributed by atoms with E-state index in [2.05, 4.69) is 5.32 Å². The van der Waals surface area contributed by atoms with Crippen LogP contribution >= 0.6 is 0 Å². The van der Waals surface area contributed by atoms with Gasteiger partial charge in [0.15, 0.2) is 5.78 Å². The maximum Gasteiger partial charge on any atom is 0.454 e. The van der Waals surface area contributed by atoms with Gasteiger partial charge >= 0.3 is 6.18 Å². The van der Waals surface area contributed by atoms with E-state index in [1.54, 1.807) is 61.5 Å². The van der Waals surface area contributed by atoms with Crippen LogP contribution in [0.3, 0.4) is 0 Å². The van der Waals surface area contributed by atoms with Crippen molar-refractivity contribution in [2.45, 2.75) is 19.0 Å². The molecule has 2 aromatic carbocycles. The zero-order valence-electron chi connectivity index (χ0n) is 14.4. The number of hydrogen-bond donors (Lipinski definition) is 1. The van der Waals surface area contributed by atoms with E-state index >= 15 is 0 Å². The fourth-order valence-electron chi connectivity index (χ4n) is 3.11. The number of halogens is 3. The number of allylic oxidation sites excluding steroid dienone is 2. The van der Waals surface area contributed by atoms with Gasteiger partial charge in [0.2, 0.25) is 0 Å². The zero-order chi connectivity index (χ0) is 19.6. The maximum absolute atomic E-state index is 13.2. The van der Waals surface area contributed by atoms with Gasteiger partial charge < -0.3 is 5.32 Å². The van der Waals surface area contributed by atoms with Crippen molar-refractivity contribution < 1.29 is 22.8 Å². The van der Waals surface area contributed by atoms with Crippen LogP contribution in [0, 0.1) is 6.92 Å². The van der Waals surface area contributed by atoms with E-state index in [1.165, 1.54) is 6.20 Å². The predicted molar refractivity (Wildman–Crippen MR) is 95.1 cm³/mol. The summed E-state index contributed by atoms with van der Waals surface area (Å²) >= 11 is 0. The van der Waals surface area contributed by atoms with Crippen LogP contribution in [-0.4, -0.2) is 17.7 Å². The molecular formula is C21H16F3NO2. The first-order valence-electron chi connectivity index (χ1n) is 8.23. The van der Waals surface area contributed by atoms with Gasteiger partial charge in [-0.1, -0.05) is 54.6 Å². The summed E-state index contributed by atoms with van der Waals surface area (Å²) in [4.78, 5) is 25.0. The quantitative estimate of drug-likeness (QED) is 0.807. The normalized spacial score (nSPS) is 16.8. The third kappa shape index (κ3) is 3.69. The molecule has 27 heavy (non-hydrogen) atoms. The number of Topliss-reactive ketones (excluding diaryl/α,β-unsaturated/α-hetero) is 2. The molecule has 1 aliphatic heterocycles. The molecule has 1 unspecified atom stereocenters. The first-order valence-corrected chi connectivity index (χ1v) is 8.23. The summed E-state index contributed by atoms with van der Waals surface area (Å²) in [5.41, 5.74) is 1.10. The van der Waals surface area contributed by atoms with Gasteiger partial charge in [-0.3, -0.25) is 9.59 Å². The first-order chi connectivity index (χ1) is 12.8. The highest BCUT2D eigenvalue weighted by Gasteiger charge is 2.45. The van der Waals surface area contributed by atoms with Gasteiger partial charge in [0, 0.05) is 35.0 Å². The molecule has 0 amide bonds. The van der Waals surface area contributed by atoms with Crippen molar-refractivity contribution in [3.05, 3.63) is 94.8 Å². The van der Waals surface area contributed by atoms with Crippen molar-refractivity contribution in [1.29, 1.82) is 0 Å². The highest BCUT2D eigenvalue weighted by molar-refractivity contribution is 6.13. The zero-order valence-corrected chi connectivity index (χ0v) is 14.4. The van der Waals surface area contributed by atoms with Gasteiger partial charge in [0.1, 0.15) is 0 Å². The first kappa shape index (κ1) is 18.6. The number of benzene rings is 2. The molecule has 0 saturated carbocycles. The molecule has 0 aliphatic carbocycles. The average Bonchev–Trinajstić information content (AvgIpc) is 2.67. The minimum Gasteiger partial charge on any atom is -0.367 e. The van der Waals surface area contributed by atoms with E-state index in [0.29, 0.717) is 16.7 Å². The molecule has 3 nitrogen and oxygen atoms in total. The van der Waals surface area contributed by atoms with Gasteiger partial charge in [-0.15, -0.1) is 0 Å². The highest BCUT2D eigenvalue weighted by atomic mass is 19.4.